The van der Waals surface area contributed by atoms with Crippen LogP contribution in [0, 0.1) is 0 Å². The Morgan fingerprint density at radius 3 is 2.35 bits per heavy atom. The van der Waals surface area contributed by atoms with Crippen LogP contribution in [-0.4, -0.2) is 43.3 Å². The van der Waals surface area contributed by atoms with Crippen molar-refractivity contribution in [2.24, 2.45) is 0 Å². The van der Waals surface area contributed by atoms with E-state index in [0.29, 0.717) is 13.1 Å². The number of hydrogen-bond donors (Lipinski definition) is 2. The van der Waals surface area contributed by atoms with Crippen LogP contribution in [-0.2, 0) is 0 Å². The average Bonchev–Trinajstić information content (AvgIpc) is 2.46. The van der Waals surface area contributed by atoms with Crippen molar-refractivity contribution in [2.45, 2.75) is 6.10 Å². The second kappa shape index (κ2) is 7.08. The van der Waals surface area contributed by atoms with E-state index in [1.807, 2.05) is 55.4 Å². The number of likely N-dealkylation sites (N-methyl/N-ethyl adjacent to an activating group) is 1. The fourth-order valence-corrected chi connectivity index (χ4v) is 2.22. The highest BCUT2D eigenvalue weighted by atomic mass is 16.3. The summed E-state index contributed by atoms with van der Waals surface area (Å²) in [6, 6.07) is 18.4. The zero-order valence-corrected chi connectivity index (χ0v) is 12.1. The lowest BCUT2D eigenvalue weighted by Gasteiger charge is -2.18. The number of benzene rings is 2. The van der Waals surface area contributed by atoms with Gasteiger partial charge in [0.25, 0.3) is 0 Å². The molecule has 2 aromatic carbocycles. The molecule has 0 saturated heterocycles. The third-order valence-electron chi connectivity index (χ3n) is 3.12. The SMILES string of the molecule is CN(C)CC(O)CNc1ccccc1-c1ccccc1. The molecule has 0 aliphatic rings. The first-order chi connectivity index (χ1) is 9.66. The van der Waals surface area contributed by atoms with Gasteiger partial charge >= 0.3 is 0 Å². The lowest BCUT2D eigenvalue weighted by molar-refractivity contribution is 0.148. The van der Waals surface area contributed by atoms with Gasteiger partial charge in [-0.3, -0.25) is 0 Å². The lowest BCUT2D eigenvalue weighted by atomic mass is 10.0. The molecule has 0 heterocycles. The van der Waals surface area contributed by atoms with Crippen LogP contribution >= 0.6 is 0 Å². The molecule has 1 unspecified atom stereocenters. The van der Waals surface area contributed by atoms with Gasteiger partial charge in [0.15, 0.2) is 0 Å². The standard InChI is InChI=1S/C17H22N2O/c1-19(2)13-15(20)12-18-17-11-7-6-10-16(17)14-8-4-3-5-9-14/h3-11,15,18,20H,12-13H2,1-2H3. The van der Waals surface area contributed by atoms with Crippen LogP contribution in [0.1, 0.15) is 0 Å². The maximum absolute atomic E-state index is 9.94. The van der Waals surface area contributed by atoms with Crippen molar-refractivity contribution in [1.29, 1.82) is 0 Å². The van der Waals surface area contributed by atoms with Gasteiger partial charge in [-0.15, -0.1) is 0 Å². The van der Waals surface area contributed by atoms with E-state index in [9.17, 15) is 5.11 Å². The molecule has 0 aliphatic carbocycles. The smallest absolute Gasteiger partial charge is 0.0838 e. The Hall–Kier alpha value is -1.84. The highest BCUT2D eigenvalue weighted by Crippen LogP contribution is 2.27. The number of aliphatic hydroxyl groups is 1. The molecule has 0 amide bonds. The first-order valence-corrected chi connectivity index (χ1v) is 6.88. The molecule has 0 aliphatic heterocycles. The Morgan fingerprint density at radius 2 is 1.65 bits per heavy atom. The lowest BCUT2D eigenvalue weighted by Crippen LogP contribution is -2.31. The second-order valence-corrected chi connectivity index (χ2v) is 5.21. The molecule has 2 N–H and O–H groups in total. The summed E-state index contributed by atoms with van der Waals surface area (Å²) in [6.07, 6.45) is -0.381. The molecule has 2 rings (SSSR count). The van der Waals surface area contributed by atoms with E-state index in [1.54, 1.807) is 0 Å². The van der Waals surface area contributed by atoms with Crippen molar-refractivity contribution in [3.8, 4) is 11.1 Å². The molecule has 2 aromatic rings. The van der Waals surface area contributed by atoms with Gasteiger partial charge in [0, 0.05) is 24.3 Å². The highest BCUT2D eigenvalue weighted by molar-refractivity contribution is 5.77. The predicted molar refractivity (Wildman–Crippen MR) is 84.9 cm³/mol. The third-order valence-corrected chi connectivity index (χ3v) is 3.12. The Bertz CT molecular complexity index is 526. The highest BCUT2D eigenvalue weighted by Gasteiger charge is 2.08. The molecule has 1 atom stereocenters. The monoisotopic (exact) mass is 270 g/mol. The summed E-state index contributed by atoms with van der Waals surface area (Å²) in [4.78, 5) is 1.98. The van der Waals surface area contributed by atoms with Crippen molar-refractivity contribution in [3.05, 3.63) is 54.6 Å². The van der Waals surface area contributed by atoms with Gasteiger partial charge in [-0.25, -0.2) is 0 Å². The normalized spacial score (nSPS) is 12.4. The molecular formula is C17H22N2O. The molecule has 0 bridgehead atoms. The number of aliphatic hydroxyl groups excluding tert-OH is 1. The molecule has 3 nitrogen and oxygen atoms in total. The summed E-state index contributed by atoms with van der Waals surface area (Å²) in [6.45, 7) is 1.20. The fourth-order valence-electron chi connectivity index (χ4n) is 2.22. The first kappa shape index (κ1) is 14.6. The number of anilines is 1. The van der Waals surface area contributed by atoms with Crippen LogP contribution in [0.3, 0.4) is 0 Å². The number of nitrogens with one attached hydrogen (secondary N) is 1. The summed E-state index contributed by atoms with van der Waals surface area (Å²) in [7, 11) is 3.92. The van der Waals surface area contributed by atoms with Gasteiger partial charge in [-0.2, -0.15) is 0 Å². The predicted octanol–water partition coefficient (Wildman–Crippen LogP) is 2.69. The largest absolute Gasteiger partial charge is 0.390 e. The van der Waals surface area contributed by atoms with Crippen LogP contribution in [0.25, 0.3) is 11.1 Å². The van der Waals surface area contributed by atoms with Crippen molar-refractivity contribution < 1.29 is 5.11 Å². The zero-order chi connectivity index (χ0) is 14.4. The summed E-state index contributed by atoms with van der Waals surface area (Å²) < 4.78 is 0. The summed E-state index contributed by atoms with van der Waals surface area (Å²) in [5.74, 6) is 0. The van der Waals surface area contributed by atoms with Crippen molar-refractivity contribution in [2.75, 3.05) is 32.5 Å². The zero-order valence-electron chi connectivity index (χ0n) is 12.1. The number of nitrogens with zero attached hydrogens (tertiary/aromatic N) is 1. The molecule has 0 spiro atoms. The maximum Gasteiger partial charge on any atom is 0.0838 e. The molecule has 20 heavy (non-hydrogen) atoms. The van der Waals surface area contributed by atoms with Crippen molar-refractivity contribution in [3.63, 3.8) is 0 Å². The van der Waals surface area contributed by atoms with Gasteiger partial charge in [-0.05, 0) is 25.7 Å². The molecule has 0 radical (unpaired) electrons. The molecule has 106 valence electrons. The van der Waals surface area contributed by atoms with Crippen molar-refractivity contribution >= 4 is 5.69 Å². The third kappa shape index (κ3) is 4.08. The number of rotatable bonds is 6. The summed E-state index contributed by atoms with van der Waals surface area (Å²) >= 11 is 0. The quantitative estimate of drug-likeness (QED) is 0.847. The van der Waals surface area contributed by atoms with Gasteiger partial charge < -0.3 is 15.3 Å². The molecule has 0 saturated carbocycles. The average molecular weight is 270 g/mol. The van der Waals surface area contributed by atoms with E-state index in [0.717, 1.165) is 11.3 Å². The Morgan fingerprint density at radius 1 is 1.00 bits per heavy atom. The van der Waals surface area contributed by atoms with E-state index < -0.39 is 0 Å². The minimum atomic E-state index is -0.381. The first-order valence-electron chi connectivity index (χ1n) is 6.88. The summed E-state index contributed by atoms with van der Waals surface area (Å²) in [5.41, 5.74) is 3.39. The van der Waals surface area contributed by atoms with Gasteiger partial charge in [0.05, 0.1) is 6.10 Å². The van der Waals surface area contributed by atoms with E-state index in [2.05, 4.69) is 23.5 Å². The van der Waals surface area contributed by atoms with E-state index >= 15 is 0 Å². The van der Waals surface area contributed by atoms with Crippen LogP contribution < -0.4 is 5.32 Å². The van der Waals surface area contributed by atoms with Crippen LogP contribution in [0.5, 0.6) is 0 Å². The maximum atomic E-state index is 9.94. The van der Waals surface area contributed by atoms with E-state index in [1.165, 1.54) is 5.56 Å². The van der Waals surface area contributed by atoms with Crippen LogP contribution in [0.2, 0.25) is 0 Å². The van der Waals surface area contributed by atoms with Crippen LogP contribution in [0.15, 0.2) is 54.6 Å². The molecule has 3 heteroatoms. The fraction of sp³-hybridized carbons (Fsp3) is 0.294. The van der Waals surface area contributed by atoms with Gasteiger partial charge in [0.2, 0.25) is 0 Å². The van der Waals surface area contributed by atoms with E-state index in [4.69, 9.17) is 0 Å². The minimum Gasteiger partial charge on any atom is -0.390 e. The molecule has 0 aromatic heterocycles. The molecule has 0 fully saturated rings. The Balaban J connectivity index is 2.09. The second-order valence-electron chi connectivity index (χ2n) is 5.21. The Labute approximate surface area is 120 Å². The topological polar surface area (TPSA) is 35.5 Å². The van der Waals surface area contributed by atoms with Gasteiger partial charge in [-0.1, -0.05) is 48.5 Å². The molecular weight excluding hydrogens is 248 g/mol. The summed E-state index contributed by atoms with van der Waals surface area (Å²) in [5, 5.41) is 13.3. The Kier molecular flexibility index (Phi) is 5.16. The van der Waals surface area contributed by atoms with Gasteiger partial charge in [0.1, 0.15) is 0 Å². The minimum absolute atomic E-state index is 0.381. The van der Waals surface area contributed by atoms with Crippen LogP contribution in [0.4, 0.5) is 5.69 Å². The van der Waals surface area contributed by atoms with Crippen molar-refractivity contribution in [1.82, 2.24) is 4.90 Å². The van der Waals surface area contributed by atoms with E-state index in [-0.39, 0.29) is 6.10 Å². The number of para-hydroxylation sites is 1. The number of hydrogen-bond acceptors (Lipinski definition) is 3.